The molecular weight excluding hydrogens is 298 g/mol. The van der Waals surface area contributed by atoms with Crippen molar-refractivity contribution in [2.45, 2.75) is 26.3 Å². The van der Waals surface area contributed by atoms with E-state index >= 15 is 0 Å². The van der Waals surface area contributed by atoms with Crippen LogP contribution in [0, 0.1) is 6.92 Å². The van der Waals surface area contributed by atoms with Crippen LogP contribution in [0.4, 0.5) is 17.5 Å². The summed E-state index contributed by atoms with van der Waals surface area (Å²) >= 11 is 0. The van der Waals surface area contributed by atoms with Crippen molar-refractivity contribution < 1.29 is 0 Å². The maximum absolute atomic E-state index is 4.94. The van der Waals surface area contributed by atoms with Gasteiger partial charge in [0.2, 0.25) is 5.95 Å². The van der Waals surface area contributed by atoms with E-state index in [1.165, 1.54) is 11.3 Å². The highest BCUT2D eigenvalue weighted by Gasteiger charge is 2.29. The van der Waals surface area contributed by atoms with Crippen LogP contribution in [0.2, 0.25) is 0 Å². The first-order valence-corrected chi connectivity index (χ1v) is 8.78. The fourth-order valence-corrected chi connectivity index (χ4v) is 3.71. The van der Waals surface area contributed by atoms with Crippen molar-refractivity contribution >= 4 is 17.5 Å². The lowest BCUT2D eigenvalue weighted by Gasteiger charge is -2.34. The first kappa shape index (κ1) is 15.4. The topological polar surface area (TPSA) is 35.5 Å². The third-order valence-corrected chi connectivity index (χ3v) is 5.08. The molecule has 1 unspecified atom stereocenters. The quantitative estimate of drug-likeness (QED) is 0.849. The summed E-state index contributed by atoms with van der Waals surface area (Å²) in [6.07, 6.45) is 1.05. The molecule has 1 aromatic heterocycles. The molecule has 2 aliphatic heterocycles. The largest absolute Gasteiger partial charge is 0.354 e. The standard InChI is InChI=1S/C19H25N5/c1-14-12-18(23-10-8-22(3)9-11-23)21-19(20-14)24-15(2)13-16-6-4-5-7-17(16)24/h4-7,12,15H,8-11,13H2,1-3H3. The van der Waals surface area contributed by atoms with Crippen molar-refractivity contribution in [2.75, 3.05) is 43.0 Å². The van der Waals surface area contributed by atoms with Crippen LogP contribution in [0.5, 0.6) is 0 Å². The molecule has 0 bridgehead atoms. The van der Waals surface area contributed by atoms with Crippen molar-refractivity contribution in [3.63, 3.8) is 0 Å². The monoisotopic (exact) mass is 323 g/mol. The van der Waals surface area contributed by atoms with Crippen molar-refractivity contribution in [1.29, 1.82) is 0 Å². The Morgan fingerprint density at radius 3 is 2.58 bits per heavy atom. The third kappa shape index (κ3) is 2.73. The number of rotatable bonds is 2. The third-order valence-electron chi connectivity index (χ3n) is 5.08. The Bertz CT molecular complexity index is 736. The molecule has 0 radical (unpaired) electrons. The van der Waals surface area contributed by atoms with Gasteiger partial charge in [0.25, 0.3) is 0 Å². The minimum atomic E-state index is 0.393. The number of aryl methyl sites for hydroxylation is 1. The molecule has 0 saturated carbocycles. The smallest absolute Gasteiger partial charge is 0.232 e. The number of para-hydroxylation sites is 1. The molecule has 5 nitrogen and oxygen atoms in total. The Balaban J connectivity index is 1.69. The van der Waals surface area contributed by atoms with E-state index in [2.05, 4.69) is 65.9 Å². The van der Waals surface area contributed by atoms with Gasteiger partial charge in [-0.25, -0.2) is 4.98 Å². The Hall–Kier alpha value is -2.14. The van der Waals surface area contributed by atoms with Gasteiger partial charge in [0.1, 0.15) is 5.82 Å². The number of hydrogen-bond acceptors (Lipinski definition) is 5. The van der Waals surface area contributed by atoms with Gasteiger partial charge < -0.3 is 14.7 Å². The van der Waals surface area contributed by atoms with Crippen molar-refractivity contribution in [3.8, 4) is 0 Å². The van der Waals surface area contributed by atoms with Crippen molar-refractivity contribution in [3.05, 3.63) is 41.6 Å². The maximum Gasteiger partial charge on any atom is 0.232 e. The Labute approximate surface area is 143 Å². The normalized spacial score (nSPS) is 21.2. The summed E-state index contributed by atoms with van der Waals surface area (Å²) in [6, 6.07) is 11.1. The lowest BCUT2D eigenvalue weighted by molar-refractivity contribution is 0.312. The zero-order chi connectivity index (χ0) is 16.7. The fourth-order valence-electron chi connectivity index (χ4n) is 3.71. The lowest BCUT2D eigenvalue weighted by atomic mass is 10.1. The van der Waals surface area contributed by atoms with Crippen LogP contribution in [0.1, 0.15) is 18.2 Å². The van der Waals surface area contributed by atoms with E-state index in [1.807, 2.05) is 0 Å². The van der Waals surface area contributed by atoms with Gasteiger partial charge >= 0.3 is 0 Å². The molecule has 126 valence electrons. The zero-order valence-corrected chi connectivity index (χ0v) is 14.7. The number of fused-ring (bicyclic) bond motifs is 1. The highest BCUT2D eigenvalue weighted by molar-refractivity contribution is 5.67. The SMILES string of the molecule is Cc1cc(N2CCN(C)CC2)nc(N2c3ccccc3CC2C)n1. The molecule has 0 amide bonds. The molecule has 1 atom stereocenters. The van der Waals surface area contributed by atoms with E-state index in [0.717, 1.165) is 50.1 Å². The molecule has 4 rings (SSSR count). The molecule has 0 spiro atoms. The molecule has 0 N–H and O–H groups in total. The number of aromatic nitrogens is 2. The van der Waals surface area contributed by atoms with E-state index in [1.54, 1.807) is 0 Å². The van der Waals surface area contributed by atoms with E-state index in [4.69, 9.17) is 9.97 Å². The van der Waals surface area contributed by atoms with Crippen molar-refractivity contribution in [2.24, 2.45) is 0 Å². The average molecular weight is 323 g/mol. The molecule has 24 heavy (non-hydrogen) atoms. The highest BCUT2D eigenvalue weighted by atomic mass is 15.3. The molecule has 2 aromatic rings. The summed E-state index contributed by atoms with van der Waals surface area (Å²) in [4.78, 5) is 16.7. The minimum Gasteiger partial charge on any atom is -0.354 e. The Morgan fingerprint density at radius 2 is 1.79 bits per heavy atom. The molecule has 0 aliphatic carbocycles. The van der Waals surface area contributed by atoms with Gasteiger partial charge in [-0.15, -0.1) is 0 Å². The van der Waals surface area contributed by atoms with Crippen molar-refractivity contribution in [1.82, 2.24) is 14.9 Å². The van der Waals surface area contributed by atoms with Crippen LogP contribution in [-0.2, 0) is 6.42 Å². The molecule has 3 heterocycles. The fraction of sp³-hybridized carbons (Fsp3) is 0.474. The lowest BCUT2D eigenvalue weighted by Crippen LogP contribution is -2.45. The van der Waals surface area contributed by atoms with Gasteiger partial charge in [-0.2, -0.15) is 4.98 Å². The summed E-state index contributed by atoms with van der Waals surface area (Å²) in [5.41, 5.74) is 3.67. The van der Waals surface area contributed by atoms with Gasteiger partial charge in [-0.05, 0) is 38.9 Å². The van der Waals surface area contributed by atoms with Gasteiger partial charge in [0.15, 0.2) is 0 Å². The molecular formula is C19H25N5. The zero-order valence-electron chi connectivity index (χ0n) is 14.7. The minimum absolute atomic E-state index is 0.393. The van der Waals surface area contributed by atoms with Crippen LogP contribution >= 0.6 is 0 Å². The maximum atomic E-state index is 4.94. The average Bonchev–Trinajstić information content (AvgIpc) is 2.90. The predicted octanol–water partition coefficient (Wildman–Crippen LogP) is 2.62. The van der Waals surface area contributed by atoms with Crippen LogP contribution in [0.25, 0.3) is 0 Å². The molecule has 2 aliphatic rings. The molecule has 5 heteroatoms. The van der Waals surface area contributed by atoms with Gasteiger partial charge in [-0.1, -0.05) is 18.2 Å². The number of likely N-dealkylation sites (N-methyl/N-ethyl adjacent to an activating group) is 1. The second-order valence-electron chi connectivity index (χ2n) is 7.01. The molecule has 1 aromatic carbocycles. The second-order valence-corrected chi connectivity index (χ2v) is 7.01. The predicted molar refractivity (Wildman–Crippen MR) is 98.2 cm³/mol. The van der Waals surface area contributed by atoms with Gasteiger partial charge in [0.05, 0.1) is 0 Å². The Kier molecular flexibility index (Phi) is 3.88. The number of piperazine rings is 1. The molecule has 1 fully saturated rings. The Morgan fingerprint density at radius 1 is 1.04 bits per heavy atom. The summed E-state index contributed by atoms with van der Waals surface area (Å²) in [7, 11) is 2.18. The van der Waals surface area contributed by atoms with Gasteiger partial charge in [0, 0.05) is 49.7 Å². The number of anilines is 3. The van der Waals surface area contributed by atoms with E-state index < -0.39 is 0 Å². The second kappa shape index (κ2) is 6.06. The van der Waals surface area contributed by atoms with Crippen LogP contribution < -0.4 is 9.80 Å². The summed E-state index contributed by atoms with van der Waals surface area (Å²) < 4.78 is 0. The summed E-state index contributed by atoms with van der Waals surface area (Å²) in [5.74, 6) is 1.89. The van der Waals surface area contributed by atoms with Gasteiger partial charge in [-0.3, -0.25) is 0 Å². The number of nitrogens with zero attached hydrogens (tertiary/aromatic N) is 5. The van der Waals surface area contributed by atoms with Crippen LogP contribution in [-0.4, -0.2) is 54.1 Å². The van der Waals surface area contributed by atoms with E-state index in [0.29, 0.717) is 6.04 Å². The van der Waals surface area contributed by atoms with E-state index in [-0.39, 0.29) is 0 Å². The first-order chi connectivity index (χ1) is 11.6. The van der Waals surface area contributed by atoms with E-state index in [9.17, 15) is 0 Å². The number of benzene rings is 1. The number of hydrogen-bond donors (Lipinski definition) is 0. The molecule has 1 saturated heterocycles. The van der Waals surface area contributed by atoms with Crippen LogP contribution in [0.15, 0.2) is 30.3 Å². The first-order valence-electron chi connectivity index (χ1n) is 8.78. The summed E-state index contributed by atoms with van der Waals surface area (Å²) in [6.45, 7) is 8.54. The highest BCUT2D eigenvalue weighted by Crippen LogP contribution is 2.37. The van der Waals surface area contributed by atoms with Crippen LogP contribution in [0.3, 0.4) is 0 Å². The summed E-state index contributed by atoms with van der Waals surface area (Å²) in [5, 5.41) is 0.